The van der Waals surface area contributed by atoms with Gasteiger partial charge in [0.25, 0.3) is 5.91 Å². The second kappa shape index (κ2) is 8.36. The minimum atomic E-state index is -0.154. The van der Waals surface area contributed by atoms with Gasteiger partial charge in [-0.2, -0.15) is 5.10 Å². The van der Waals surface area contributed by atoms with E-state index >= 15 is 0 Å². The molecule has 0 atom stereocenters. The summed E-state index contributed by atoms with van der Waals surface area (Å²) in [4.78, 5) is 25.9. The highest BCUT2D eigenvalue weighted by Crippen LogP contribution is 2.28. The minimum Gasteiger partial charge on any atom is -0.306 e. The van der Waals surface area contributed by atoms with Crippen LogP contribution in [0, 0.1) is 12.8 Å². The number of carbonyl (C=O) groups excluding carboxylic acids is 1. The summed E-state index contributed by atoms with van der Waals surface area (Å²) in [6.45, 7) is 10.1. The highest BCUT2D eigenvalue weighted by Gasteiger charge is 2.24. The van der Waals surface area contributed by atoms with Crippen molar-refractivity contribution in [3.63, 3.8) is 0 Å². The van der Waals surface area contributed by atoms with Crippen LogP contribution in [0.3, 0.4) is 0 Å². The Labute approximate surface area is 177 Å². The number of fused-ring (bicyclic) bond motifs is 1. The van der Waals surface area contributed by atoms with Crippen molar-refractivity contribution < 1.29 is 4.79 Å². The Kier molecular flexibility index (Phi) is 5.63. The molecule has 7 nitrogen and oxygen atoms in total. The van der Waals surface area contributed by atoms with E-state index in [1.165, 1.54) is 0 Å². The van der Waals surface area contributed by atoms with E-state index in [2.05, 4.69) is 40.5 Å². The monoisotopic (exact) mass is 404 g/mol. The van der Waals surface area contributed by atoms with Crippen molar-refractivity contribution in [1.82, 2.24) is 24.4 Å². The maximum atomic E-state index is 12.9. The molecule has 0 N–H and O–H groups in total. The summed E-state index contributed by atoms with van der Waals surface area (Å²) < 4.78 is 1.83. The molecular formula is C23H28N6O. The highest BCUT2D eigenvalue weighted by molar-refractivity contribution is 5.98. The van der Waals surface area contributed by atoms with Crippen LogP contribution in [0.2, 0.25) is 0 Å². The van der Waals surface area contributed by atoms with Gasteiger partial charge in [-0.1, -0.05) is 13.5 Å². The second-order valence-electron chi connectivity index (χ2n) is 8.00. The number of hydrogen-bond acceptors (Lipinski definition) is 5. The third kappa shape index (κ3) is 4.11. The zero-order chi connectivity index (χ0) is 21.3. The van der Waals surface area contributed by atoms with E-state index in [0.717, 1.165) is 60.6 Å². The molecule has 30 heavy (non-hydrogen) atoms. The van der Waals surface area contributed by atoms with Crippen LogP contribution in [0.4, 0.5) is 0 Å². The van der Waals surface area contributed by atoms with Crippen LogP contribution in [0.1, 0.15) is 36.8 Å². The number of carbonyl (C=O) groups is 1. The van der Waals surface area contributed by atoms with Crippen LogP contribution in [0.25, 0.3) is 11.6 Å². The molecule has 4 heterocycles. The van der Waals surface area contributed by atoms with Crippen molar-refractivity contribution in [3.8, 4) is 0 Å². The fourth-order valence-electron chi connectivity index (χ4n) is 3.96. The third-order valence-electron chi connectivity index (χ3n) is 5.71. The molecule has 1 saturated heterocycles. The zero-order valence-corrected chi connectivity index (χ0v) is 17.9. The molecule has 7 heteroatoms. The van der Waals surface area contributed by atoms with Crippen LogP contribution >= 0.6 is 0 Å². The van der Waals surface area contributed by atoms with Gasteiger partial charge in [0.1, 0.15) is 0 Å². The molecule has 0 saturated carbocycles. The predicted octanol–water partition coefficient (Wildman–Crippen LogP) is 3.22. The first kappa shape index (κ1) is 20.2. The van der Waals surface area contributed by atoms with E-state index in [0.29, 0.717) is 11.6 Å². The summed E-state index contributed by atoms with van der Waals surface area (Å²) >= 11 is 0. The lowest BCUT2D eigenvalue weighted by Gasteiger charge is -2.31. The molecule has 0 radical (unpaired) electrons. The summed E-state index contributed by atoms with van der Waals surface area (Å²) in [5.74, 6) is 0.227. The number of aryl methyl sites for hydroxylation is 2. The second-order valence-corrected chi connectivity index (χ2v) is 8.00. The fourth-order valence-corrected chi connectivity index (χ4v) is 3.96. The maximum absolute atomic E-state index is 12.9. The number of hydrogen-bond donors (Lipinski definition) is 0. The summed E-state index contributed by atoms with van der Waals surface area (Å²) in [5.41, 5.74) is 5.14. The van der Waals surface area contributed by atoms with Crippen LogP contribution in [-0.4, -0.2) is 56.7 Å². The summed E-state index contributed by atoms with van der Waals surface area (Å²) in [5, 5.41) is 4.56. The topological polar surface area (TPSA) is 66.1 Å². The Morgan fingerprint density at radius 2 is 2.10 bits per heavy atom. The molecule has 0 spiro atoms. The molecule has 2 aliphatic heterocycles. The molecule has 4 rings (SSSR count). The van der Waals surface area contributed by atoms with Gasteiger partial charge in [-0.25, -0.2) is 4.52 Å². The number of piperidine rings is 1. The van der Waals surface area contributed by atoms with E-state index in [1.807, 2.05) is 29.9 Å². The number of allylic oxidation sites excluding steroid dienone is 2. The van der Waals surface area contributed by atoms with Crippen LogP contribution < -0.4 is 0 Å². The van der Waals surface area contributed by atoms with E-state index in [9.17, 15) is 4.79 Å². The van der Waals surface area contributed by atoms with Gasteiger partial charge < -0.3 is 4.90 Å². The lowest BCUT2D eigenvalue weighted by Crippen LogP contribution is -2.33. The van der Waals surface area contributed by atoms with Gasteiger partial charge in [-0.3, -0.25) is 19.7 Å². The Hall–Kier alpha value is -3.06. The molecule has 0 aromatic carbocycles. The molecule has 0 bridgehead atoms. The van der Waals surface area contributed by atoms with Gasteiger partial charge in [0.15, 0.2) is 0 Å². The highest BCUT2D eigenvalue weighted by atomic mass is 16.2. The van der Waals surface area contributed by atoms with Crippen molar-refractivity contribution in [3.05, 3.63) is 59.6 Å². The van der Waals surface area contributed by atoms with Crippen molar-refractivity contribution in [2.75, 3.05) is 20.1 Å². The quantitative estimate of drug-likeness (QED) is 0.734. The first-order valence-corrected chi connectivity index (χ1v) is 10.4. The number of aromatic nitrogens is 3. The molecule has 2 aromatic heterocycles. The Balaban J connectivity index is 1.52. The van der Waals surface area contributed by atoms with Crippen molar-refractivity contribution in [2.45, 2.75) is 33.1 Å². The van der Waals surface area contributed by atoms with Crippen molar-refractivity contribution >= 4 is 23.7 Å². The Morgan fingerprint density at radius 3 is 2.83 bits per heavy atom. The lowest BCUT2D eigenvalue weighted by atomic mass is 9.93. The summed E-state index contributed by atoms with van der Waals surface area (Å²) in [7, 11) is 2.14. The largest absolute Gasteiger partial charge is 0.306 e. The first-order valence-electron chi connectivity index (χ1n) is 10.4. The van der Waals surface area contributed by atoms with Gasteiger partial charge in [-0.15, -0.1) is 0 Å². The molecule has 2 aromatic rings. The smallest absolute Gasteiger partial charge is 0.255 e. The number of likely N-dealkylation sites (tertiary alicyclic amines) is 1. The van der Waals surface area contributed by atoms with Crippen molar-refractivity contribution in [1.29, 1.82) is 0 Å². The van der Waals surface area contributed by atoms with E-state index in [1.54, 1.807) is 23.3 Å². The zero-order valence-electron chi connectivity index (χ0n) is 17.9. The fraction of sp³-hybridized carbons (Fsp3) is 0.391. The van der Waals surface area contributed by atoms with Crippen LogP contribution in [0.15, 0.2) is 47.5 Å². The number of aliphatic imine (C=N–C) groups is 1. The maximum Gasteiger partial charge on any atom is 0.255 e. The minimum absolute atomic E-state index is 0.154. The molecule has 0 aliphatic carbocycles. The predicted molar refractivity (Wildman–Crippen MR) is 119 cm³/mol. The average Bonchev–Trinajstić information content (AvgIpc) is 3.15. The Morgan fingerprint density at radius 1 is 1.33 bits per heavy atom. The molecule has 0 unspecified atom stereocenters. The normalized spacial score (nSPS) is 18.6. The molecule has 2 aliphatic rings. The molecule has 1 fully saturated rings. The molecule has 156 valence electrons. The van der Waals surface area contributed by atoms with Gasteiger partial charge in [0.05, 0.1) is 46.4 Å². The lowest BCUT2D eigenvalue weighted by molar-refractivity contribution is -0.121. The standard InChI is InChI=1S/C23H28N6O/c1-5-20-22-12-19(26-29(22)14-16(2)25-20)6-7-23(30)28-15-21(24-13-17(28)3)18-8-10-27(4)11-9-18/h6-7,12-15,18H,3,5,8-11H2,1-2,4H3/b7-6+. The van der Waals surface area contributed by atoms with Gasteiger partial charge in [0, 0.05) is 18.2 Å². The van der Waals surface area contributed by atoms with Crippen molar-refractivity contribution in [2.24, 2.45) is 10.9 Å². The summed E-state index contributed by atoms with van der Waals surface area (Å²) in [6, 6.07) is 1.96. The van der Waals surface area contributed by atoms with Gasteiger partial charge in [0.2, 0.25) is 0 Å². The SMILES string of the molecule is C=C1C=NC(C2CCN(C)CC2)=CN1C(=O)/C=C/c1cc2c(CC)nc(C)cn2n1. The summed E-state index contributed by atoms with van der Waals surface area (Å²) in [6.07, 6.45) is 11.6. The van der Waals surface area contributed by atoms with E-state index < -0.39 is 0 Å². The molecule has 1 amide bonds. The molecular weight excluding hydrogens is 376 g/mol. The van der Waals surface area contributed by atoms with Gasteiger partial charge >= 0.3 is 0 Å². The number of amides is 1. The first-order chi connectivity index (χ1) is 14.4. The third-order valence-corrected chi connectivity index (χ3v) is 5.71. The average molecular weight is 405 g/mol. The Bertz CT molecular complexity index is 1070. The van der Waals surface area contributed by atoms with E-state index in [4.69, 9.17) is 0 Å². The van der Waals surface area contributed by atoms with Crippen LogP contribution in [-0.2, 0) is 11.2 Å². The number of nitrogens with zero attached hydrogens (tertiary/aromatic N) is 6. The number of rotatable bonds is 4. The van der Waals surface area contributed by atoms with Crippen LogP contribution in [0.5, 0.6) is 0 Å². The van der Waals surface area contributed by atoms with Gasteiger partial charge in [-0.05, 0) is 58.5 Å². The van der Waals surface area contributed by atoms with E-state index in [-0.39, 0.29) is 5.91 Å².